The topological polar surface area (TPSA) is 46.5 Å². The summed E-state index contributed by atoms with van der Waals surface area (Å²) in [5, 5.41) is 9.65. The summed E-state index contributed by atoms with van der Waals surface area (Å²) in [6, 6.07) is 3.61. The lowest BCUT2D eigenvalue weighted by Gasteiger charge is -2.16. The van der Waals surface area contributed by atoms with Gasteiger partial charge in [0.25, 0.3) is 0 Å². The molecule has 3 nitrogen and oxygen atoms in total. The van der Waals surface area contributed by atoms with Crippen molar-refractivity contribution in [3.05, 3.63) is 35.1 Å². The Morgan fingerprint density at radius 3 is 2.76 bits per heavy atom. The first-order chi connectivity index (χ1) is 7.97. The molecule has 1 N–H and O–H groups in total. The lowest BCUT2D eigenvalue weighted by atomic mass is 10.00. The maximum Gasteiger partial charge on any atom is 0.343 e. The Kier molecular flexibility index (Phi) is 4.57. The third-order valence-electron chi connectivity index (χ3n) is 2.35. The van der Waals surface area contributed by atoms with E-state index in [4.69, 9.17) is 0 Å². The van der Waals surface area contributed by atoms with E-state index in [1.165, 1.54) is 19.1 Å². The van der Waals surface area contributed by atoms with Gasteiger partial charge in [-0.2, -0.15) is 0 Å². The van der Waals surface area contributed by atoms with Gasteiger partial charge in [0.15, 0.2) is 0 Å². The second-order valence-electron chi connectivity index (χ2n) is 3.60. The van der Waals surface area contributed by atoms with Crippen molar-refractivity contribution in [3.8, 4) is 0 Å². The van der Waals surface area contributed by atoms with E-state index >= 15 is 0 Å². The Morgan fingerprint density at radius 1 is 1.53 bits per heavy atom. The Hall–Kier alpha value is -1.49. The van der Waals surface area contributed by atoms with Crippen LogP contribution in [-0.2, 0) is 9.53 Å². The van der Waals surface area contributed by atoms with Gasteiger partial charge < -0.3 is 9.84 Å². The number of rotatable bonds is 4. The maximum absolute atomic E-state index is 13.5. The van der Waals surface area contributed by atoms with Crippen molar-refractivity contribution in [2.75, 3.05) is 6.61 Å². The van der Waals surface area contributed by atoms with Gasteiger partial charge >= 0.3 is 5.97 Å². The number of carbonyl (C=O) groups excluding carboxylic acids is 1. The molecule has 2 atom stereocenters. The molecule has 0 saturated carbocycles. The van der Waals surface area contributed by atoms with E-state index in [0.717, 1.165) is 6.07 Å². The molecular formula is C12H14F2O3. The first-order valence-corrected chi connectivity index (χ1v) is 5.22. The standard InChI is InChI=1S/C12H14F2O3/c1-3-17-12(16)10(14)11(15)9-6-8(13)5-4-7(9)2/h4-6,10-11,15H,3H2,1-2H3. The zero-order valence-corrected chi connectivity index (χ0v) is 9.61. The van der Waals surface area contributed by atoms with E-state index in [0.29, 0.717) is 5.56 Å². The van der Waals surface area contributed by atoms with Crippen molar-refractivity contribution in [2.45, 2.75) is 26.1 Å². The van der Waals surface area contributed by atoms with E-state index < -0.39 is 24.1 Å². The molecule has 0 aliphatic rings. The number of alkyl halides is 1. The smallest absolute Gasteiger partial charge is 0.343 e. The molecule has 5 heteroatoms. The first-order valence-electron chi connectivity index (χ1n) is 5.22. The van der Waals surface area contributed by atoms with Crippen LogP contribution >= 0.6 is 0 Å². The number of aliphatic hydroxyl groups excluding tert-OH is 1. The summed E-state index contributed by atoms with van der Waals surface area (Å²) in [7, 11) is 0. The number of halogens is 2. The summed E-state index contributed by atoms with van der Waals surface area (Å²) in [5.41, 5.74) is 0.552. The van der Waals surface area contributed by atoms with E-state index in [2.05, 4.69) is 4.74 Å². The zero-order chi connectivity index (χ0) is 13.0. The molecule has 0 amide bonds. The predicted octanol–water partition coefficient (Wildman–Crippen LogP) is 2.07. The molecule has 17 heavy (non-hydrogen) atoms. The van der Waals surface area contributed by atoms with E-state index in [-0.39, 0.29) is 12.2 Å². The van der Waals surface area contributed by atoms with Crippen LogP contribution in [0.15, 0.2) is 18.2 Å². The summed E-state index contributed by atoms with van der Waals surface area (Å²) in [4.78, 5) is 11.1. The summed E-state index contributed by atoms with van der Waals surface area (Å²) in [6.07, 6.45) is -3.93. The Labute approximate surface area is 98.0 Å². The number of carbonyl (C=O) groups is 1. The molecule has 1 aromatic rings. The van der Waals surface area contributed by atoms with Crippen molar-refractivity contribution in [1.82, 2.24) is 0 Å². The van der Waals surface area contributed by atoms with Crippen LogP contribution in [0.5, 0.6) is 0 Å². The normalized spacial score (nSPS) is 14.2. The van der Waals surface area contributed by atoms with Gasteiger partial charge in [0, 0.05) is 0 Å². The summed E-state index contributed by atoms with van der Waals surface area (Å²) in [5.74, 6) is -1.75. The van der Waals surface area contributed by atoms with Crippen molar-refractivity contribution in [3.63, 3.8) is 0 Å². The molecule has 94 valence electrons. The highest BCUT2D eigenvalue weighted by Crippen LogP contribution is 2.24. The average Bonchev–Trinajstić information content (AvgIpc) is 2.30. The van der Waals surface area contributed by atoms with Gasteiger partial charge in [-0.25, -0.2) is 13.6 Å². The fraction of sp³-hybridized carbons (Fsp3) is 0.417. The SMILES string of the molecule is CCOC(=O)C(F)C(O)c1cc(F)ccc1C. The van der Waals surface area contributed by atoms with Crippen LogP contribution in [-0.4, -0.2) is 23.9 Å². The number of aliphatic hydroxyl groups is 1. The van der Waals surface area contributed by atoms with Crippen molar-refractivity contribution >= 4 is 5.97 Å². The zero-order valence-electron chi connectivity index (χ0n) is 9.61. The largest absolute Gasteiger partial charge is 0.464 e. The highest BCUT2D eigenvalue weighted by atomic mass is 19.1. The average molecular weight is 244 g/mol. The van der Waals surface area contributed by atoms with Gasteiger partial charge in [0.05, 0.1) is 6.61 Å². The van der Waals surface area contributed by atoms with Crippen LogP contribution in [0.2, 0.25) is 0 Å². The molecule has 0 saturated heterocycles. The van der Waals surface area contributed by atoms with Crippen LogP contribution in [0.3, 0.4) is 0 Å². The molecular weight excluding hydrogens is 230 g/mol. The summed E-state index contributed by atoms with van der Waals surface area (Å²) in [6.45, 7) is 3.15. The minimum absolute atomic E-state index is 0.0219. The molecule has 0 bridgehead atoms. The number of aryl methyl sites for hydroxylation is 1. The number of hydrogen-bond acceptors (Lipinski definition) is 3. The van der Waals surface area contributed by atoms with Crippen LogP contribution in [0.25, 0.3) is 0 Å². The number of hydrogen-bond donors (Lipinski definition) is 1. The monoisotopic (exact) mass is 244 g/mol. The van der Waals surface area contributed by atoms with Crippen LogP contribution in [0.4, 0.5) is 8.78 Å². The highest BCUT2D eigenvalue weighted by Gasteiger charge is 2.30. The van der Waals surface area contributed by atoms with Crippen LogP contribution in [0, 0.1) is 12.7 Å². The molecule has 0 aliphatic carbocycles. The Morgan fingerprint density at radius 2 is 2.18 bits per heavy atom. The van der Waals surface area contributed by atoms with Gasteiger partial charge in [-0.1, -0.05) is 6.07 Å². The third kappa shape index (κ3) is 3.23. The van der Waals surface area contributed by atoms with E-state index in [9.17, 15) is 18.7 Å². The molecule has 0 aromatic heterocycles. The van der Waals surface area contributed by atoms with Gasteiger partial charge in [0.1, 0.15) is 11.9 Å². The van der Waals surface area contributed by atoms with E-state index in [1.807, 2.05) is 0 Å². The van der Waals surface area contributed by atoms with Gasteiger partial charge in [-0.05, 0) is 37.1 Å². The van der Waals surface area contributed by atoms with Crippen molar-refractivity contribution in [1.29, 1.82) is 0 Å². The molecule has 0 spiro atoms. The van der Waals surface area contributed by atoms with Gasteiger partial charge in [-0.3, -0.25) is 0 Å². The van der Waals surface area contributed by atoms with Gasteiger partial charge in [0.2, 0.25) is 6.17 Å². The second-order valence-corrected chi connectivity index (χ2v) is 3.60. The molecule has 1 aromatic carbocycles. The lowest BCUT2D eigenvalue weighted by Crippen LogP contribution is -2.26. The van der Waals surface area contributed by atoms with Crippen molar-refractivity contribution < 1.29 is 23.4 Å². The maximum atomic E-state index is 13.5. The number of benzene rings is 1. The Bertz CT molecular complexity index is 407. The summed E-state index contributed by atoms with van der Waals surface area (Å²) < 4.78 is 30.9. The summed E-state index contributed by atoms with van der Waals surface area (Å²) >= 11 is 0. The van der Waals surface area contributed by atoms with Crippen LogP contribution < -0.4 is 0 Å². The fourth-order valence-electron chi connectivity index (χ4n) is 1.44. The molecule has 1 rings (SSSR count). The first kappa shape index (κ1) is 13.6. The minimum Gasteiger partial charge on any atom is -0.464 e. The van der Waals surface area contributed by atoms with Crippen molar-refractivity contribution in [2.24, 2.45) is 0 Å². The number of ether oxygens (including phenoxy) is 1. The lowest BCUT2D eigenvalue weighted by molar-refractivity contribution is -0.153. The molecule has 0 radical (unpaired) electrons. The quantitative estimate of drug-likeness (QED) is 0.825. The minimum atomic E-state index is -2.21. The molecule has 2 unspecified atom stereocenters. The van der Waals surface area contributed by atoms with Gasteiger partial charge in [-0.15, -0.1) is 0 Å². The fourth-order valence-corrected chi connectivity index (χ4v) is 1.44. The second kappa shape index (κ2) is 5.72. The molecule has 0 fully saturated rings. The highest BCUT2D eigenvalue weighted by molar-refractivity contribution is 5.75. The molecule has 0 aliphatic heterocycles. The Balaban J connectivity index is 2.91. The van der Waals surface area contributed by atoms with E-state index in [1.54, 1.807) is 6.92 Å². The molecule has 0 heterocycles. The third-order valence-corrected chi connectivity index (χ3v) is 2.35. The van der Waals surface area contributed by atoms with Crippen LogP contribution in [0.1, 0.15) is 24.2 Å². The predicted molar refractivity (Wildman–Crippen MR) is 57.6 cm³/mol. The number of esters is 1.